The van der Waals surface area contributed by atoms with Gasteiger partial charge < -0.3 is 5.32 Å². The van der Waals surface area contributed by atoms with Crippen LogP contribution in [0.1, 0.15) is 27.2 Å². The fraction of sp³-hybridized carbons (Fsp3) is 0.412. The number of nitrogens with one attached hydrogen (secondary N) is 1. The summed E-state index contributed by atoms with van der Waals surface area (Å²) in [7, 11) is 0. The summed E-state index contributed by atoms with van der Waals surface area (Å²) in [6.45, 7) is 7.81. The number of hydrogen-bond donors (Lipinski definition) is 1. The van der Waals surface area contributed by atoms with Crippen LogP contribution in [-0.2, 0) is 0 Å². The highest BCUT2D eigenvalue weighted by Gasteiger charge is 2.06. The van der Waals surface area contributed by atoms with E-state index in [1.54, 1.807) is 0 Å². The molecule has 2 unspecified atom stereocenters. The predicted molar refractivity (Wildman–Crippen MR) is 87.0 cm³/mol. The second kappa shape index (κ2) is 6.97. The molecule has 2 aromatic carbocycles. The molecule has 0 saturated carbocycles. The standard InChI is InChI=1S/C17H23NS/c1-4-13(2)18-12-14(3)19-17-10-9-15-7-5-6-8-16(15)11-17/h5-11,13-14,18H,4,12H2,1-3H3. The van der Waals surface area contributed by atoms with E-state index in [-0.39, 0.29) is 0 Å². The zero-order chi connectivity index (χ0) is 13.7. The van der Waals surface area contributed by atoms with Gasteiger partial charge in [0.2, 0.25) is 0 Å². The maximum atomic E-state index is 3.57. The molecule has 0 radical (unpaired) electrons. The molecule has 0 heterocycles. The number of thioether (sulfide) groups is 1. The molecule has 2 atom stereocenters. The molecule has 102 valence electrons. The second-order valence-electron chi connectivity index (χ2n) is 5.15. The Hall–Kier alpha value is -0.990. The molecule has 19 heavy (non-hydrogen) atoms. The van der Waals surface area contributed by atoms with E-state index in [1.165, 1.54) is 22.1 Å². The Kier molecular flexibility index (Phi) is 5.29. The molecule has 0 amide bonds. The lowest BCUT2D eigenvalue weighted by atomic mass is 10.1. The summed E-state index contributed by atoms with van der Waals surface area (Å²) >= 11 is 1.95. The number of benzene rings is 2. The third kappa shape index (κ3) is 4.26. The molecular formula is C17H23NS. The summed E-state index contributed by atoms with van der Waals surface area (Å²) in [6, 6.07) is 15.9. The van der Waals surface area contributed by atoms with E-state index in [2.05, 4.69) is 68.6 Å². The van der Waals surface area contributed by atoms with Gasteiger partial charge >= 0.3 is 0 Å². The zero-order valence-corrected chi connectivity index (χ0v) is 12.8. The van der Waals surface area contributed by atoms with Gasteiger partial charge in [0.1, 0.15) is 0 Å². The first-order valence-electron chi connectivity index (χ1n) is 7.08. The average Bonchev–Trinajstić information content (AvgIpc) is 2.44. The van der Waals surface area contributed by atoms with Crippen molar-refractivity contribution in [3.63, 3.8) is 0 Å². The lowest BCUT2D eigenvalue weighted by Crippen LogP contribution is -2.30. The van der Waals surface area contributed by atoms with Gasteiger partial charge in [-0.2, -0.15) is 0 Å². The Labute approximate surface area is 120 Å². The van der Waals surface area contributed by atoms with Gasteiger partial charge in [-0.25, -0.2) is 0 Å². The largest absolute Gasteiger partial charge is 0.313 e. The minimum Gasteiger partial charge on any atom is -0.313 e. The molecule has 2 aromatic rings. The van der Waals surface area contributed by atoms with E-state index < -0.39 is 0 Å². The van der Waals surface area contributed by atoms with Crippen LogP contribution in [0.25, 0.3) is 10.8 Å². The first kappa shape index (κ1) is 14.4. The second-order valence-corrected chi connectivity index (χ2v) is 6.67. The average molecular weight is 273 g/mol. The monoisotopic (exact) mass is 273 g/mol. The Balaban J connectivity index is 1.96. The smallest absolute Gasteiger partial charge is 0.0191 e. The maximum Gasteiger partial charge on any atom is 0.0191 e. The van der Waals surface area contributed by atoms with E-state index >= 15 is 0 Å². The number of rotatable bonds is 6. The third-order valence-electron chi connectivity index (χ3n) is 3.42. The molecule has 0 spiro atoms. The number of fused-ring (bicyclic) bond motifs is 1. The predicted octanol–water partition coefficient (Wildman–Crippen LogP) is 4.71. The molecule has 0 bridgehead atoms. The molecule has 0 aliphatic rings. The molecule has 0 saturated heterocycles. The van der Waals surface area contributed by atoms with E-state index in [1.807, 2.05) is 11.8 Å². The van der Waals surface area contributed by atoms with Crippen LogP contribution in [0.15, 0.2) is 47.4 Å². The molecule has 0 aromatic heterocycles. The van der Waals surface area contributed by atoms with Gasteiger partial charge in [0.25, 0.3) is 0 Å². The summed E-state index contributed by atoms with van der Waals surface area (Å²) in [4.78, 5) is 1.36. The van der Waals surface area contributed by atoms with Crippen LogP contribution in [0, 0.1) is 0 Å². The zero-order valence-electron chi connectivity index (χ0n) is 12.0. The van der Waals surface area contributed by atoms with Gasteiger partial charge in [-0.3, -0.25) is 0 Å². The van der Waals surface area contributed by atoms with Gasteiger partial charge in [-0.1, -0.05) is 44.2 Å². The normalized spacial score (nSPS) is 14.5. The lowest BCUT2D eigenvalue weighted by molar-refractivity contribution is 0.537. The molecule has 0 aliphatic heterocycles. The Morgan fingerprint density at radius 1 is 1.05 bits per heavy atom. The van der Waals surface area contributed by atoms with Gasteiger partial charge in [0.05, 0.1) is 0 Å². The Morgan fingerprint density at radius 2 is 1.79 bits per heavy atom. The van der Waals surface area contributed by atoms with Gasteiger partial charge in [-0.15, -0.1) is 11.8 Å². The van der Waals surface area contributed by atoms with Crippen molar-refractivity contribution in [1.29, 1.82) is 0 Å². The van der Waals surface area contributed by atoms with Crippen molar-refractivity contribution in [3.8, 4) is 0 Å². The summed E-state index contributed by atoms with van der Waals surface area (Å²) in [5.41, 5.74) is 0. The molecule has 0 aliphatic carbocycles. The van der Waals surface area contributed by atoms with Crippen molar-refractivity contribution in [2.75, 3.05) is 6.54 Å². The molecular weight excluding hydrogens is 250 g/mol. The van der Waals surface area contributed by atoms with Crippen molar-refractivity contribution in [1.82, 2.24) is 5.32 Å². The van der Waals surface area contributed by atoms with Crippen LogP contribution >= 0.6 is 11.8 Å². The van der Waals surface area contributed by atoms with Crippen LogP contribution in [0.2, 0.25) is 0 Å². The third-order valence-corrected chi connectivity index (χ3v) is 4.52. The first-order chi connectivity index (χ1) is 9.19. The first-order valence-corrected chi connectivity index (χ1v) is 7.96. The lowest BCUT2D eigenvalue weighted by Gasteiger charge is -2.16. The van der Waals surface area contributed by atoms with Crippen molar-refractivity contribution < 1.29 is 0 Å². The van der Waals surface area contributed by atoms with Crippen molar-refractivity contribution in [3.05, 3.63) is 42.5 Å². The fourth-order valence-corrected chi connectivity index (χ4v) is 3.01. The van der Waals surface area contributed by atoms with Gasteiger partial charge in [0, 0.05) is 22.7 Å². The van der Waals surface area contributed by atoms with E-state index in [0.29, 0.717) is 11.3 Å². The van der Waals surface area contributed by atoms with Gasteiger partial charge in [-0.05, 0) is 36.2 Å². The number of hydrogen-bond acceptors (Lipinski definition) is 2. The summed E-state index contributed by atoms with van der Waals surface area (Å²) in [5, 5.41) is 6.81. The van der Waals surface area contributed by atoms with Crippen LogP contribution in [0.5, 0.6) is 0 Å². The topological polar surface area (TPSA) is 12.0 Å². The Morgan fingerprint density at radius 3 is 2.53 bits per heavy atom. The summed E-state index contributed by atoms with van der Waals surface area (Å²) < 4.78 is 0. The minimum atomic E-state index is 0.593. The highest BCUT2D eigenvalue weighted by molar-refractivity contribution is 8.00. The fourth-order valence-electron chi connectivity index (χ4n) is 2.03. The van der Waals surface area contributed by atoms with Crippen LogP contribution in [-0.4, -0.2) is 17.8 Å². The van der Waals surface area contributed by atoms with Gasteiger partial charge in [0.15, 0.2) is 0 Å². The molecule has 0 fully saturated rings. The molecule has 1 nitrogen and oxygen atoms in total. The molecule has 1 N–H and O–H groups in total. The maximum absolute atomic E-state index is 3.57. The Bertz CT molecular complexity index is 523. The van der Waals surface area contributed by atoms with E-state index in [4.69, 9.17) is 0 Å². The van der Waals surface area contributed by atoms with Crippen LogP contribution < -0.4 is 5.32 Å². The van der Waals surface area contributed by atoms with Crippen molar-refractivity contribution in [2.45, 2.75) is 43.4 Å². The van der Waals surface area contributed by atoms with Crippen molar-refractivity contribution in [2.24, 2.45) is 0 Å². The molecule has 2 heteroatoms. The summed E-state index contributed by atoms with van der Waals surface area (Å²) in [5.74, 6) is 0. The molecule has 2 rings (SSSR count). The highest BCUT2D eigenvalue weighted by Crippen LogP contribution is 2.26. The summed E-state index contributed by atoms with van der Waals surface area (Å²) in [6.07, 6.45) is 1.19. The van der Waals surface area contributed by atoms with Crippen molar-refractivity contribution >= 4 is 22.5 Å². The quantitative estimate of drug-likeness (QED) is 0.765. The van der Waals surface area contributed by atoms with Crippen LogP contribution in [0.3, 0.4) is 0 Å². The SMILES string of the molecule is CCC(C)NCC(C)Sc1ccc2ccccc2c1. The highest BCUT2D eigenvalue weighted by atomic mass is 32.2. The minimum absolute atomic E-state index is 0.593. The van der Waals surface area contributed by atoms with E-state index in [0.717, 1.165) is 6.54 Å². The van der Waals surface area contributed by atoms with Crippen LogP contribution in [0.4, 0.5) is 0 Å². The van der Waals surface area contributed by atoms with E-state index in [9.17, 15) is 0 Å².